The molecule has 0 aromatic carbocycles. The van der Waals surface area contributed by atoms with Crippen molar-refractivity contribution in [3.63, 3.8) is 0 Å². The third-order valence-electron chi connectivity index (χ3n) is 4.77. The van der Waals surface area contributed by atoms with Crippen molar-refractivity contribution in [1.82, 2.24) is 25.9 Å². The van der Waals surface area contributed by atoms with Crippen LogP contribution in [0, 0.1) is 0 Å². The highest BCUT2D eigenvalue weighted by Gasteiger charge is 2.15. The summed E-state index contributed by atoms with van der Waals surface area (Å²) in [7, 11) is 0. The third-order valence-corrected chi connectivity index (χ3v) is 5.62. The van der Waals surface area contributed by atoms with Crippen LogP contribution in [0.15, 0.2) is 29.9 Å². The smallest absolute Gasteiger partial charge is 0.315 e. The molecule has 0 bridgehead atoms. The highest BCUT2D eigenvalue weighted by molar-refractivity contribution is 7.09. The number of aromatic nitrogens is 2. The molecule has 2 aromatic heterocycles. The predicted molar refractivity (Wildman–Crippen MR) is 110 cm³/mol. The second-order valence-electron chi connectivity index (χ2n) is 6.98. The number of amides is 3. The van der Waals surface area contributed by atoms with Crippen molar-refractivity contribution in [3.05, 3.63) is 34.9 Å². The van der Waals surface area contributed by atoms with E-state index in [1.165, 1.54) is 30.6 Å². The van der Waals surface area contributed by atoms with Crippen LogP contribution in [0.3, 0.4) is 0 Å². The van der Waals surface area contributed by atoms with Gasteiger partial charge in [0, 0.05) is 42.3 Å². The van der Waals surface area contributed by atoms with Gasteiger partial charge >= 0.3 is 6.03 Å². The number of nitrogens with zero attached hydrogens (tertiary/aromatic N) is 2. The van der Waals surface area contributed by atoms with Crippen molar-refractivity contribution < 1.29 is 9.59 Å². The van der Waals surface area contributed by atoms with Crippen LogP contribution < -0.4 is 16.0 Å². The lowest BCUT2D eigenvalue weighted by atomic mass is 9.96. The van der Waals surface area contributed by atoms with Gasteiger partial charge in [0.05, 0.1) is 12.2 Å². The van der Waals surface area contributed by atoms with E-state index in [-0.39, 0.29) is 11.9 Å². The average Bonchev–Trinajstić information content (AvgIpc) is 3.20. The van der Waals surface area contributed by atoms with Crippen LogP contribution in [-0.2, 0) is 11.3 Å². The fourth-order valence-corrected chi connectivity index (χ4v) is 3.99. The molecule has 0 atom stereocenters. The lowest BCUT2D eigenvalue weighted by Gasteiger charge is -2.22. The number of thiazole rings is 1. The summed E-state index contributed by atoms with van der Waals surface area (Å²) in [5.41, 5.74) is 1.91. The fourth-order valence-electron chi connectivity index (χ4n) is 3.24. The molecule has 0 aliphatic heterocycles. The Bertz CT molecular complexity index is 759. The number of rotatable bonds is 8. The Hall–Kier alpha value is -2.48. The molecule has 0 radical (unpaired) electrons. The molecular formula is C20H27N5O2S. The molecule has 0 saturated heterocycles. The molecule has 1 saturated carbocycles. The summed E-state index contributed by atoms with van der Waals surface area (Å²) in [6.45, 7) is 0.916. The Morgan fingerprint density at radius 3 is 2.68 bits per heavy atom. The van der Waals surface area contributed by atoms with E-state index in [0.717, 1.165) is 29.1 Å². The highest BCUT2D eigenvalue weighted by Crippen LogP contribution is 2.21. The van der Waals surface area contributed by atoms with Crippen LogP contribution in [0.25, 0.3) is 11.3 Å². The van der Waals surface area contributed by atoms with Crippen molar-refractivity contribution >= 4 is 23.3 Å². The molecule has 8 heteroatoms. The van der Waals surface area contributed by atoms with Crippen molar-refractivity contribution in [2.24, 2.45) is 0 Å². The first-order chi connectivity index (χ1) is 13.7. The van der Waals surface area contributed by atoms with Crippen LogP contribution in [0.2, 0.25) is 0 Å². The first-order valence-electron chi connectivity index (χ1n) is 9.86. The molecule has 1 aliphatic carbocycles. The van der Waals surface area contributed by atoms with E-state index in [1.807, 2.05) is 17.5 Å². The van der Waals surface area contributed by atoms with Crippen molar-refractivity contribution in [2.45, 2.75) is 57.5 Å². The van der Waals surface area contributed by atoms with Gasteiger partial charge in [0.1, 0.15) is 5.01 Å². The van der Waals surface area contributed by atoms with Gasteiger partial charge < -0.3 is 16.0 Å². The molecule has 2 aromatic rings. The number of pyridine rings is 1. The molecule has 0 unspecified atom stereocenters. The normalized spacial score (nSPS) is 14.4. The minimum absolute atomic E-state index is 0.0323. The zero-order valence-corrected chi connectivity index (χ0v) is 16.8. The SMILES string of the molecule is O=C(CCCNC(=O)NC1CCCCC1)NCc1nc(-c2ccncc2)cs1. The lowest BCUT2D eigenvalue weighted by molar-refractivity contribution is -0.121. The minimum Gasteiger partial charge on any atom is -0.350 e. The molecule has 2 heterocycles. The molecule has 7 nitrogen and oxygen atoms in total. The van der Waals surface area contributed by atoms with Gasteiger partial charge in [0.25, 0.3) is 0 Å². The summed E-state index contributed by atoms with van der Waals surface area (Å²) in [5, 5.41) is 11.6. The summed E-state index contributed by atoms with van der Waals surface area (Å²) in [5.74, 6) is -0.0323. The third kappa shape index (κ3) is 6.60. The van der Waals surface area contributed by atoms with Gasteiger partial charge in [-0.15, -0.1) is 11.3 Å². The Labute approximate surface area is 169 Å². The lowest BCUT2D eigenvalue weighted by Crippen LogP contribution is -2.43. The summed E-state index contributed by atoms with van der Waals surface area (Å²) in [4.78, 5) is 32.4. The second-order valence-corrected chi connectivity index (χ2v) is 7.92. The van der Waals surface area contributed by atoms with E-state index in [1.54, 1.807) is 12.4 Å². The number of hydrogen-bond donors (Lipinski definition) is 3. The van der Waals surface area contributed by atoms with Gasteiger partial charge in [-0.05, 0) is 31.4 Å². The van der Waals surface area contributed by atoms with Crippen molar-refractivity contribution in [3.8, 4) is 11.3 Å². The van der Waals surface area contributed by atoms with E-state index in [4.69, 9.17) is 0 Å². The Kier molecular flexibility index (Phi) is 7.78. The largest absolute Gasteiger partial charge is 0.350 e. The van der Waals surface area contributed by atoms with Gasteiger partial charge in [-0.1, -0.05) is 19.3 Å². The van der Waals surface area contributed by atoms with Gasteiger partial charge in [-0.25, -0.2) is 9.78 Å². The van der Waals surface area contributed by atoms with Gasteiger partial charge in [-0.2, -0.15) is 0 Å². The summed E-state index contributed by atoms with van der Waals surface area (Å²) >= 11 is 1.52. The summed E-state index contributed by atoms with van der Waals surface area (Å²) < 4.78 is 0. The zero-order chi connectivity index (χ0) is 19.6. The van der Waals surface area contributed by atoms with Crippen LogP contribution in [0.4, 0.5) is 4.79 Å². The van der Waals surface area contributed by atoms with E-state index < -0.39 is 0 Å². The summed E-state index contributed by atoms with van der Waals surface area (Å²) in [6, 6.07) is 4.00. The van der Waals surface area contributed by atoms with Gasteiger partial charge in [-0.3, -0.25) is 9.78 Å². The van der Waals surface area contributed by atoms with Crippen LogP contribution in [0.5, 0.6) is 0 Å². The van der Waals surface area contributed by atoms with Gasteiger partial charge in [0.2, 0.25) is 5.91 Å². The Balaban J connectivity index is 1.28. The molecule has 3 N–H and O–H groups in total. The number of carbonyl (C=O) groups is 2. The first kappa shape index (κ1) is 20.3. The summed E-state index contributed by atoms with van der Waals surface area (Å²) in [6.07, 6.45) is 10.2. The average molecular weight is 402 g/mol. The molecule has 1 fully saturated rings. The van der Waals surface area contributed by atoms with Crippen LogP contribution in [0.1, 0.15) is 50.0 Å². The number of urea groups is 1. The van der Waals surface area contributed by atoms with Crippen molar-refractivity contribution in [1.29, 1.82) is 0 Å². The fraction of sp³-hybridized carbons (Fsp3) is 0.500. The van der Waals surface area contributed by atoms with Crippen LogP contribution >= 0.6 is 11.3 Å². The van der Waals surface area contributed by atoms with E-state index >= 15 is 0 Å². The first-order valence-corrected chi connectivity index (χ1v) is 10.7. The molecule has 0 spiro atoms. The van der Waals surface area contributed by atoms with E-state index in [9.17, 15) is 9.59 Å². The topological polar surface area (TPSA) is 96.0 Å². The number of hydrogen-bond acceptors (Lipinski definition) is 5. The molecule has 3 rings (SSSR count). The van der Waals surface area contributed by atoms with Crippen molar-refractivity contribution in [2.75, 3.05) is 6.54 Å². The maximum atomic E-state index is 12.0. The predicted octanol–water partition coefficient (Wildman–Crippen LogP) is 3.23. The minimum atomic E-state index is -0.126. The second kappa shape index (κ2) is 10.8. The van der Waals surface area contributed by atoms with E-state index in [0.29, 0.717) is 32.0 Å². The van der Waals surface area contributed by atoms with Crippen LogP contribution in [-0.4, -0.2) is 34.5 Å². The van der Waals surface area contributed by atoms with Gasteiger partial charge in [0.15, 0.2) is 0 Å². The zero-order valence-electron chi connectivity index (χ0n) is 15.9. The Morgan fingerprint density at radius 2 is 1.89 bits per heavy atom. The monoisotopic (exact) mass is 401 g/mol. The highest BCUT2D eigenvalue weighted by atomic mass is 32.1. The standard InChI is InChI=1S/C20H27N5O2S/c26-18(7-4-10-22-20(27)24-16-5-2-1-3-6-16)23-13-19-25-17(14-28-19)15-8-11-21-12-9-15/h8-9,11-12,14,16H,1-7,10,13H2,(H,23,26)(H2,22,24,27). The molecule has 3 amide bonds. The molecule has 150 valence electrons. The maximum absolute atomic E-state index is 12.0. The Morgan fingerprint density at radius 1 is 1.11 bits per heavy atom. The molecular weight excluding hydrogens is 374 g/mol. The maximum Gasteiger partial charge on any atom is 0.315 e. The molecule has 28 heavy (non-hydrogen) atoms. The molecule has 1 aliphatic rings. The number of nitrogens with one attached hydrogen (secondary N) is 3. The van der Waals surface area contributed by atoms with E-state index in [2.05, 4.69) is 25.9 Å². The quantitative estimate of drug-likeness (QED) is 0.592. The number of carbonyl (C=O) groups excluding carboxylic acids is 2.